The SMILES string of the molecule is C[C@H]1[C@H](C)CC[C@]2(C)CC[C@]3(C)C(=C[C@@H](O)[C@@H]4[C@@]5(C)[C@H](O)[C@@H](O)[C@H](O)C(C)(C)[C@@H]5CC[C@]43C)[C@@H]12. The molecule has 0 amide bonds. The molecule has 4 saturated carbocycles. The first-order valence-corrected chi connectivity index (χ1v) is 14.0. The smallest absolute Gasteiger partial charge is 0.107 e. The van der Waals surface area contributed by atoms with Crippen molar-refractivity contribution in [3.8, 4) is 0 Å². The lowest BCUT2D eigenvalue weighted by molar-refractivity contribution is -0.290. The molecule has 5 aliphatic rings. The van der Waals surface area contributed by atoms with Gasteiger partial charge >= 0.3 is 0 Å². The van der Waals surface area contributed by atoms with Crippen LogP contribution in [0.15, 0.2) is 11.6 Å². The topological polar surface area (TPSA) is 80.9 Å². The van der Waals surface area contributed by atoms with Crippen LogP contribution in [0.1, 0.15) is 93.9 Å². The molecule has 0 aromatic rings. The molecule has 0 radical (unpaired) electrons. The molecule has 5 rings (SSSR count). The molecule has 0 heterocycles. The number of hydrogen-bond acceptors (Lipinski definition) is 4. The van der Waals surface area contributed by atoms with E-state index in [2.05, 4.69) is 47.6 Å². The number of rotatable bonds is 0. The highest BCUT2D eigenvalue weighted by atomic mass is 16.4. The molecule has 34 heavy (non-hydrogen) atoms. The zero-order chi connectivity index (χ0) is 25.2. The molecule has 194 valence electrons. The van der Waals surface area contributed by atoms with Crippen LogP contribution >= 0.6 is 0 Å². The van der Waals surface area contributed by atoms with E-state index in [0.717, 1.165) is 19.3 Å². The van der Waals surface area contributed by atoms with E-state index in [0.29, 0.717) is 23.2 Å². The fraction of sp³-hybridized carbons (Fsp3) is 0.933. The third kappa shape index (κ3) is 2.75. The van der Waals surface area contributed by atoms with E-state index >= 15 is 0 Å². The zero-order valence-electron chi connectivity index (χ0n) is 22.8. The molecule has 0 aromatic heterocycles. The van der Waals surface area contributed by atoms with Crippen LogP contribution in [0.5, 0.6) is 0 Å². The predicted molar refractivity (Wildman–Crippen MR) is 135 cm³/mol. The molecule has 0 unspecified atom stereocenters. The van der Waals surface area contributed by atoms with E-state index < -0.39 is 35.2 Å². The minimum absolute atomic E-state index is 0.0298. The maximum atomic E-state index is 12.0. The van der Waals surface area contributed by atoms with Crippen molar-refractivity contribution in [2.45, 2.75) is 118 Å². The maximum Gasteiger partial charge on any atom is 0.107 e. The number of fused-ring (bicyclic) bond motifs is 7. The molecule has 5 aliphatic carbocycles. The fourth-order valence-electron chi connectivity index (χ4n) is 11.0. The van der Waals surface area contributed by atoms with Gasteiger partial charge in [-0.15, -0.1) is 0 Å². The molecular formula is C30H50O4. The first-order valence-electron chi connectivity index (χ1n) is 14.0. The Bertz CT molecular complexity index is 881. The molecule has 0 spiro atoms. The summed E-state index contributed by atoms with van der Waals surface area (Å²) < 4.78 is 0. The minimum Gasteiger partial charge on any atom is -0.390 e. The Labute approximate surface area is 207 Å². The van der Waals surface area contributed by atoms with Gasteiger partial charge in [0.2, 0.25) is 0 Å². The van der Waals surface area contributed by atoms with Gasteiger partial charge in [0.25, 0.3) is 0 Å². The van der Waals surface area contributed by atoms with Gasteiger partial charge in [-0.05, 0) is 83.9 Å². The standard InChI is InChI=1S/C30H50O4/c1-16-9-11-27(5)13-14-28(6)18(21(27)17(16)2)15-19(31)23-29(28,7)12-10-20-26(3,4)24(33)22(32)25(34)30(20,23)8/h15-17,19-25,31-34H,9-14H2,1-8H3/t16-,17+,19-,20+,21-,22+,23+,24+,25-,27-,28-,29-,30+/m1/s1. The molecule has 0 aliphatic heterocycles. The van der Waals surface area contributed by atoms with Gasteiger partial charge in [0.1, 0.15) is 6.10 Å². The lowest BCUT2D eigenvalue weighted by Gasteiger charge is -2.73. The number of aliphatic hydroxyl groups excluding tert-OH is 4. The Morgan fingerprint density at radius 1 is 0.794 bits per heavy atom. The second-order valence-corrected chi connectivity index (χ2v) is 15.0. The van der Waals surface area contributed by atoms with E-state index in [1.807, 2.05) is 13.8 Å². The van der Waals surface area contributed by atoms with Gasteiger partial charge in [0.05, 0.1) is 18.3 Å². The van der Waals surface area contributed by atoms with Crippen molar-refractivity contribution in [1.82, 2.24) is 0 Å². The van der Waals surface area contributed by atoms with E-state index in [-0.39, 0.29) is 22.7 Å². The fourth-order valence-corrected chi connectivity index (χ4v) is 11.0. The lowest BCUT2D eigenvalue weighted by atomic mass is 9.32. The second-order valence-electron chi connectivity index (χ2n) is 15.0. The van der Waals surface area contributed by atoms with Crippen molar-refractivity contribution in [3.05, 3.63) is 11.6 Å². The molecule has 0 saturated heterocycles. The van der Waals surface area contributed by atoms with Gasteiger partial charge in [-0.2, -0.15) is 0 Å². The molecule has 0 bridgehead atoms. The minimum atomic E-state index is -1.20. The van der Waals surface area contributed by atoms with Gasteiger partial charge in [0.15, 0.2) is 0 Å². The summed E-state index contributed by atoms with van der Waals surface area (Å²) in [6, 6.07) is 0. The van der Waals surface area contributed by atoms with Gasteiger partial charge in [-0.1, -0.05) is 67.0 Å². The van der Waals surface area contributed by atoms with Crippen LogP contribution in [0.25, 0.3) is 0 Å². The van der Waals surface area contributed by atoms with Gasteiger partial charge in [-0.25, -0.2) is 0 Å². The van der Waals surface area contributed by atoms with E-state index in [9.17, 15) is 20.4 Å². The summed E-state index contributed by atoms with van der Waals surface area (Å²) >= 11 is 0. The highest BCUT2D eigenvalue weighted by molar-refractivity contribution is 5.36. The van der Waals surface area contributed by atoms with Crippen LogP contribution in [0, 0.1) is 56.7 Å². The highest BCUT2D eigenvalue weighted by Gasteiger charge is 2.73. The summed E-state index contributed by atoms with van der Waals surface area (Å²) in [5.41, 5.74) is 0.365. The van der Waals surface area contributed by atoms with Gasteiger partial charge in [-0.3, -0.25) is 0 Å². The summed E-state index contributed by atoms with van der Waals surface area (Å²) in [6.07, 6.45) is 5.13. The average molecular weight is 475 g/mol. The first kappa shape index (κ1) is 25.2. The van der Waals surface area contributed by atoms with Crippen molar-refractivity contribution < 1.29 is 20.4 Å². The third-order valence-electron chi connectivity index (χ3n) is 13.5. The second kappa shape index (κ2) is 7.33. The lowest BCUT2D eigenvalue weighted by Crippen LogP contribution is -2.73. The Kier molecular flexibility index (Phi) is 5.44. The molecular weight excluding hydrogens is 424 g/mol. The summed E-state index contributed by atoms with van der Waals surface area (Å²) in [5.74, 6) is 1.65. The highest BCUT2D eigenvalue weighted by Crippen LogP contribution is 2.75. The normalized spacial score (nSPS) is 60.8. The molecule has 13 atom stereocenters. The number of hydrogen-bond donors (Lipinski definition) is 4. The number of aliphatic hydroxyl groups is 4. The monoisotopic (exact) mass is 474 g/mol. The summed E-state index contributed by atoms with van der Waals surface area (Å²) in [6.45, 7) is 18.3. The van der Waals surface area contributed by atoms with E-state index in [4.69, 9.17) is 0 Å². The quantitative estimate of drug-likeness (QED) is 0.375. The van der Waals surface area contributed by atoms with Crippen LogP contribution in [0.3, 0.4) is 0 Å². The molecule has 0 aromatic carbocycles. The predicted octanol–water partition coefficient (Wildman–Crippen LogP) is 4.94. The summed E-state index contributed by atoms with van der Waals surface area (Å²) in [7, 11) is 0. The molecule has 4 heteroatoms. The first-order chi connectivity index (χ1) is 15.6. The largest absolute Gasteiger partial charge is 0.390 e. The average Bonchev–Trinajstić information content (AvgIpc) is 2.75. The van der Waals surface area contributed by atoms with Crippen LogP contribution in [0.2, 0.25) is 0 Å². The van der Waals surface area contributed by atoms with E-state index in [1.165, 1.54) is 24.8 Å². The molecule has 4 fully saturated rings. The van der Waals surface area contributed by atoms with Crippen LogP contribution in [0.4, 0.5) is 0 Å². The zero-order valence-corrected chi connectivity index (χ0v) is 22.8. The van der Waals surface area contributed by atoms with E-state index in [1.54, 1.807) is 0 Å². The van der Waals surface area contributed by atoms with Gasteiger partial charge < -0.3 is 20.4 Å². The third-order valence-corrected chi connectivity index (χ3v) is 13.5. The summed E-state index contributed by atoms with van der Waals surface area (Å²) in [4.78, 5) is 0. The molecule has 4 nitrogen and oxygen atoms in total. The number of allylic oxidation sites excluding steroid dienone is 1. The van der Waals surface area contributed by atoms with Gasteiger partial charge in [0, 0.05) is 11.3 Å². The Hall–Kier alpha value is -0.420. The Morgan fingerprint density at radius 3 is 2.09 bits per heavy atom. The van der Waals surface area contributed by atoms with Crippen molar-refractivity contribution in [2.75, 3.05) is 0 Å². The van der Waals surface area contributed by atoms with Crippen molar-refractivity contribution >= 4 is 0 Å². The van der Waals surface area contributed by atoms with Crippen molar-refractivity contribution in [2.24, 2.45) is 56.7 Å². The van der Waals surface area contributed by atoms with Crippen LogP contribution < -0.4 is 0 Å². The van der Waals surface area contributed by atoms with Crippen LogP contribution in [-0.2, 0) is 0 Å². The summed E-state index contributed by atoms with van der Waals surface area (Å²) in [5, 5.41) is 45.4. The maximum absolute atomic E-state index is 12.0. The van der Waals surface area contributed by atoms with Crippen molar-refractivity contribution in [3.63, 3.8) is 0 Å². The molecule has 4 N–H and O–H groups in total. The van der Waals surface area contributed by atoms with Crippen molar-refractivity contribution in [1.29, 1.82) is 0 Å². The Morgan fingerprint density at radius 2 is 1.44 bits per heavy atom. The van der Waals surface area contributed by atoms with Crippen LogP contribution in [-0.4, -0.2) is 44.8 Å². The Balaban J connectivity index is 1.67.